The number of carbonyl (C=O) groups is 1. The van der Waals surface area contributed by atoms with Crippen molar-refractivity contribution in [3.63, 3.8) is 0 Å². The van der Waals surface area contributed by atoms with Gasteiger partial charge >= 0.3 is 12.6 Å². The first kappa shape index (κ1) is 23.6. The second-order valence-corrected chi connectivity index (χ2v) is 5.45. The Kier molecular flexibility index (Phi) is 10.2. The highest BCUT2D eigenvalue weighted by Crippen LogP contribution is 2.19. The number of methoxy groups -OCH3 is 1. The highest BCUT2D eigenvalue weighted by atomic mass is 127. The molecule has 0 bridgehead atoms. The maximum absolute atomic E-state index is 12.5. The normalized spacial score (nSPS) is 10.8. The summed E-state index contributed by atoms with van der Waals surface area (Å²) in [5, 5.41) is 6.16. The molecule has 0 saturated heterocycles. The molecule has 0 unspecified atom stereocenters. The van der Waals surface area contributed by atoms with Crippen molar-refractivity contribution in [1.29, 1.82) is 0 Å². The molecule has 0 aliphatic heterocycles. The van der Waals surface area contributed by atoms with Gasteiger partial charge in [-0.05, 0) is 23.8 Å². The number of ether oxygens (including phenoxy) is 2. The number of hydrogen-bond donors (Lipinski definition) is 2. The molecule has 0 aliphatic carbocycles. The summed E-state index contributed by atoms with van der Waals surface area (Å²) < 4.78 is 34.1. The van der Waals surface area contributed by atoms with Crippen molar-refractivity contribution in [3.8, 4) is 5.75 Å². The van der Waals surface area contributed by atoms with Gasteiger partial charge in [0.2, 0.25) is 0 Å². The van der Waals surface area contributed by atoms with Gasteiger partial charge in [0, 0.05) is 25.7 Å². The van der Waals surface area contributed by atoms with Gasteiger partial charge in [-0.15, -0.1) is 24.0 Å². The van der Waals surface area contributed by atoms with Crippen LogP contribution < -0.4 is 15.4 Å². The molecule has 28 heavy (non-hydrogen) atoms. The summed E-state index contributed by atoms with van der Waals surface area (Å²) in [4.78, 5) is 15.5. The summed E-state index contributed by atoms with van der Waals surface area (Å²) in [5.74, 6) is 0.226. The largest absolute Gasteiger partial charge is 0.465 e. The fraction of sp³-hybridized carbons (Fsp3) is 0.263. The topological polar surface area (TPSA) is 72.0 Å². The van der Waals surface area contributed by atoms with Crippen LogP contribution in [0.15, 0.2) is 53.5 Å². The second-order valence-electron chi connectivity index (χ2n) is 5.45. The van der Waals surface area contributed by atoms with E-state index in [1.807, 2.05) is 0 Å². The Morgan fingerprint density at radius 1 is 1.07 bits per heavy atom. The van der Waals surface area contributed by atoms with E-state index in [1.54, 1.807) is 49.5 Å². The van der Waals surface area contributed by atoms with Gasteiger partial charge in [-0.1, -0.05) is 30.3 Å². The SMILES string of the molecule is CN=C(NCc1ccc(C(=O)OC)cc1)NCc1ccccc1OC(F)F.I. The molecule has 0 spiro atoms. The van der Waals surface area contributed by atoms with Gasteiger partial charge < -0.3 is 20.1 Å². The molecule has 0 aromatic heterocycles. The zero-order valence-electron chi connectivity index (χ0n) is 15.4. The highest BCUT2D eigenvalue weighted by molar-refractivity contribution is 14.0. The number of benzene rings is 2. The predicted molar refractivity (Wildman–Crippen MR) is 113 cm³/mol. The maximum atomic E-state index is 12.5. The monoisotopic (exact) mass is 505 g/mol. The lowest BCUT2D eigenvalue weighted by atomic mass is 10.1. The number of alkyl halides is 2. The molecular formula is C19H22F2IN3O3. The minimum absolute atomic E-state index is 0. The van der Waals surface area contributed by atoms with E-state index < -0.39 is 12.6 Å². The van der Waals surface area contributed by atoms with Gasteiger partial charge in [-0.25, -0.2) is 4.79 Å². The molecule has 0 fully saturated rings. The second kappa shape index (κ2) is 12.1. The number of esters is 1. The number of halogens is 3. The van der Waals surface area contributed by atoms with E-state index in [9.17, 15) is 13.6 Å². The third-order valence-corrected chi connectivity index (χ3v) is 3.69. The molecule has 6 nitrogen and oxygen atoms in total. The number of nitrogens with one attached hydrogen (secondary N) is 2. The standard InChI is InChI=1S/C19H21F2N3O3.HI/c1-22-19(23-11-13-7-9-14(10-8-13)17(25)26-2)24-12-15-5-3-4-6-16(15)27-18(20)21;/h3-10,18H,11-12H2,1-2H3,(H2,22,23,24);1H. The number of rotatable bonds is 7. The fourth-order valence-electron chi connectivity index (χ4n) is 2.32. The Hall–Kier alpha value is -2.43. The van der Waals surface area contributed by atoms with Crippen LogP contribution in [0, 0.1) is 0 Å². The van der Waals surface area contributed by atoms with Crippen LogP contribution >= 0.6 is 24.0 Å². The zero-order valence-corrected chi connectivity index (χ0v) is 17.8. The number of carbonyl (C=O) groups excluding carboxylic acids is 1. The Bertz CT molecular complexity index is 786. The first-order chi connectivity index (χ1) is 13.0. The molecule has 2 aromatic rings. The average Bonchev–Trinajstić information content (AvgIpc) is 2.68. The molecule has 2 rings (SSSR count). The summed E-state index contributed by atoms with van der Waals surface area (Å²) in [6.07, 6.45) is 0. The van der Waals surface area contributed by atoms with E-state index in [0.717, 1.165) is 5.56 Å². The molecule has 0 radical (unpaired) electrons. The Morgan fingerprint density at radius 3 is 2.32 bits per heavy atom. The van der Waals surface area contributed by atoms with E-state index >= 15 is 0 Å². The number of hydrogen-bond acceptors (Lipinski definition) is 4. The van der Waals surface area contributed by atoms with Crippen molar-refractivity contribution in [3.05, 3.63) is 65.2 Å². The summed E-state index contributed by atoms with van der Waals surface area (Å²) in [7, 11) is 2.94. The van der Waals surface area contributed by atoms with E-state index in [4.69, 9.17) is 0 Å². The minimum Gasteiger partial charge on any atom is -0.465 e. The maximum Gasteiger partial charge on any atom is 0.387 e. The quantitative estimate of drug-likeness (QED) is 0.261. The Morgan fingerprint density at radius 2 is 1.71 bits per heavy atom. The van der Waals surface area contributed by atoms with Crippen LogP contribution in [0.4, 0.5) is 8.78 Å². The molecule has 0 heterocycles. The van der Waals surface area contributed by atoms with Crippen LogP contribution in [0.25, 0.3) is 0 Å². The highest BCUT2D eigenvalue weighted by Gasteiger charge is 2.09. The van der Waals surface area contributed by atoms with Crippen molar-refractivity contribution in [1.82, 2.24) is 10.6 Å². The molecule has 2 N–H and O–H groups in total. The van der Waals surface area contributed by atoms with Crippen LogP contribution in [-0.2, 0) is 17.8 Å². The summed E-state index contributed by atoms with van der Waals surface area (Å²) in [5.41, 5.74) is 2.00. The summed E-state index contributed by atoms with van der Waals surface area (Å²) >= 11 is 0. The van der Waals surface area contributed by atoms with Gasteiger partial charge in [-0.3, -0.25) is 4.99 Å². The minimum atomic E-state index is -2.88. The van der Waals surface area contributed by atoms with Crippen molar-refractivity contribution < 1.29 is 23.0 Å². The Balaban J connectivity index is 0.00000392. The molecule has 0 atom stereocenters. The van der Waals surface area contributed by atoms with Crippen LogP contribution in [0.1, 0.15) is 21.5 Å². The zero-order chi connectivity index (χ0) is 19.6. The van der Waals surface area contributed by atoms with Gasteiger partial charge in [-0.2, -0.15) is 8.78 Å². The molecule has 9 heteroatoms. The Labute approximate surface area is 179 Å². The first-order valence-electron chi connectivity index (χ1n) is 8.18. The molecule has 0 amide bonds. The molecular weight excluding hydrogens is 483 g/mol. The van der Waals surface area contributed by atoms with Crippen molar-refractivity contribution in [2.75, 3.05) is 14.2 Å². The summed E-state index contributed by atoms with van der Waals surface area (Å²) in [6, 6.07) is 13.5. The number of para-hydroxylation sites is 1. The van der Waals surface area contributed by atoms with Crippen LogP contribution in [-0.4, -0.2) is 32.7 Å². The molecule has 0 aliphatic rings. The van der Waals surface area contributed by atoms with E-state index in [1.165, 1.54) is 13.2 Å². The van der Waals surface area contributed by atoms with Gasteiger partial charge in [0.05, 0.1) is 12.7 Å². The molecule has 0 saturated carbocycles. The lowest BCUT2D eigenvalue weighted by Gasteiger charge is -2.14. The van der Waals surface area contributed by atoms with Crippen LogP contribution in [0.2, 0.25) is 0 Å². The smallest absolute Gasteiger partial charge is 0.387 e. The fourth-order valence-corrected chi connectivity index (χ4v) is 2.32. The molecule has 152 valence electrons. The lowest BCUT2D eigenvalue weighted by Crippen LogP contribution is -2.36. The third kappa shape index (κ3) is 7.29. The first-order valence-corrected chi connectivity index (χ1v) is 8.18. The van der Waals surface area contributed by atoms with Crippen LogP contribution in [0.3, 0.4) is 0 Å². The number of guanidine groups is 1. The van der Waals surface area contributed by atoms with Crippen molar-refractivity contribution in [2.24, 2.45) is 4.99 Å². The summed E-state index contributed by atoms with van der Waals surface area (Å²) in [6.45, 7) is -2.14. The van der Waals surface area contributed by atoms with Crippen molar-refractivity contribution in [2.45, 2.75) is 19.7 Å². The predicted octanol–water partition coefficient (Wildman–Crippen LogP) is 3.56. The number of nitrogens with zero attached hydrogens (tertiary/aromatic N) is 1. The van der Waals surface area contributed by atoms with E-state index in [2.05, 4.69) is 25.1 Å². The van der Waals surface area contributed by atoms with Gasteiger partial charge in [0.25, 0.3) is 0 Å². The van der Waals surface area contributed by atoms with E-state index in [-0.39, 0.29) is 36.3 Å². The van der Waals surface area contributed by atoms with Crippen molar-refractivity contribution >= 4 is 35.9 Å². The third-order valence-electron chi connectivity index (χ3n) is 3.69. The molecule has 2 aromatic carbocycles. The van der Waals surface area contributed by atoms with Crippen LogP contribution in [0.5, 0.6) is 5.75 Å². The van der Waals surface area contributed by atoms with Gasteiger partial charge in [0.15, 0.2) is 5.96 Å². The van der Waals surface area contributed by atoms with Gasteiger partial charge in [0.1, 0.15) is 5.75 Å². The average molecular weight is 505 g/mol. The number of aliphatic imine (C=N–C) groups is 1. The van der Waals surface area contributed by atoms with E-state index in [0.29, 0.717) is 23.6 Å². The lowest BCUT2D eigenvalue weighted by molar-refractivity contribution is -0.0504.